The molecule has 4 nitrogen and oxygen atoms in total. The standard InChI is InChI=1S/C20H19FN2O2S/c1-3-13(2)25-17-10-4-14(5-11-17)12-18-19(24)23-20(26-18)22-16-8-6-15(21)7-9-16/h4-13H,3H2,1-2H3,(H,22,23,24)/b18-12+/t13-/m0/s1. The summed E-state index contributed by atoms with van der Waals surface area (Å²) in [7, 11) is 0. The lowest BCUT2D eigenvalue weighted by atomic mass is 10.2. The molecule has 0 spiro atoms. The molecule has 1 N–H and O–H groups in total. The van der Waals surface area contributed by atoms with Gasteiger partial charge < -0.3 is 10.1 Å². The molecule has 0 aromatic heterocycles. The van der Waals surface area contributed by atoms with Crippen molar-refractivity contribution in [3.05, 3.63) is 64.8 Å². The highest BCUT2D eigenvalue weighted by Crippen LogP contribution is 2.28. The SMILES string of the molecule is CC[C@H](C)Oc1ccc(/C=C2/SC(=Nc3ccc(F)cc3)NC2=O)cc1. The number of nitrogens with one attached hydrogen (secondary N) is 1. The maximum atomic E-state index is 12.9. The van der Waals surface area contributed by atoms with Crippen molar-refractivity contribution >= 4 is 34.6 Å². The van der Waals surface area contributed by atoms with Gasteiger partial charge in [-0.05, 0) is 73.1 Å². The van der Waals surface area contributed by atoms with Crippen LogP contribution in [0.1, 0.15) is 25.8 Å². The molecule has 1 fully saturated rings. The topological polar surface area (TPSA) is 50.7 Å². The number of carbonyl (C=O) groups is 1. The van der Waals surface area contributed by atoms with Gasteiger partial charge in [-0.2, -0.15) is 0 Å². The van der Waals surface area contributed by atoms with Crippen LogP contribution in [-0.4, -0.2) is 17.2 Å². The molecule has 2 aromatic carbocycles. The molecule has 0 aliphatic carbocycles. The maximum Gasteiger partial charge on any atom is 0.264 e. The van der Waals surface area contributed by atoms with Gasteiger partial charge in [0.15, 0.2) is 5.17 Å². The largest absolute Gasteiger partial charge is 0.491 e. The van der Waals surface area contributed by atoms with Crippen LogP contribution in [0.15, 0.2) is 58.4 Å². The zero-order valence-electron chi connectivity index (χ0n) is 14.5. The molecule has 1 amide bonds. The first-order valence-electron chi connectivity index (χ1n) is 8.35. The number of carbonyl (C=O) groups excluding carboxylic acids is 1. The van der Waals surface area contributed by atoms with Crippen molar-refractivity contribution in [2.75, 3.05) is 0 Å². The molecule has 1 atom stereocenters. The lowest BCUT2D eigenvalue weighted by Crippen LogP contribution is -2.19. The van der Waals surface area contributed by atoms with Gasteiger partial charge in [-0.15, -0.1) is 0 Å². The molecule has 3 rings (SSSR count). The number of amidine groups is 1. The predicted molar refractivity (Wildman–Crippen MR) is 104 cm³/mol. The zero-order chi connectivity index (χ0) is 18.5. The van der Waals surface area contributed by atoms with Crippen molar-refractivity contribution < 1.29 is 13.9 Å². The summed E-state index contributed by atoms with van der Waals surface area (Å²) in [5, 5.41) is 3.20. The predicted octanol–water partition coefficient (Wildman–Crippen LogP) is 4.89. The summed E-state index contributed by atoms with van der Waals surface area (Å²) >= 11 is 1.26. The number of nitrogens with zero attached hydrogens (tertiary/aromatic N) is 1. The van der Waals surface area contributed by atoms with Crippen molar-refractivity contribution in [2.24, 2.45) is 4.99 Å². The molecule has 0 saturated carbocycles. The van der Waals surface area contributed by atoms with Gasteiger partial charge in [0.05, 0.1) is 16.7 Å². The molecule has 0 bridgehead atoms. The number of thioether (sulfide) groups is 1. The summed E-state index contributed by atoms with van der Waals surface area (Å²) in [5.74, 6) is 0.290. The first kappa shape index (κ1) is 18.2. The first-order chi connectivity index (χ1) is 12.5. The van der Waals surface area contributed by atoms with Crippen molar-refractivity contribution in [3.63, 3.8) is 0 Å². The Labute approximate surface area is 156 Å². The van der Waals surface area contributed by atoms with Crippen LogP contribution in [0.4, 0.5) is 10.1 Å². The summed E-state index contributed by atoms with van der Waals surface area (Å²) in [6.45, 7) is 4.10. The summed E-state index contributed by atoms with van der Waals surface area (Å²) < 4.78 is 18.7. The average molecular weight is 370 g/mol. The third kappa shape index (κ3) is 4.73. The fourth-order valence-corrected chi connectivity index (χ4v) is 3.06. The Morgan fingerprint density at radius 2 is 1.88 bits per heavy atom. The third-order valence-electron chi connectivity index (χ3n) is 3.80. The second kappa shape index (κ2) is 8.19. The molecule has 0 radical (unpaired) electrons. The number of benzene rings is 2. The second-order valence-electron chi connectivity index (χ2n) is 5.86. The van der Waals surface area contributed by atoms with Gasteiger partial charge >= 0.3 is 0 Å². The highest BCUT2D eigenvalue weighted by atomic mass is 32.2. The Bertz CT molecular complexity index is 845. The number of hydrogen-bond acceptors (Lipinski definition) is 4. The van der Waals surface area contributed by atoms with Crippen LogP contribution in [0, 0.1) is 5.82 Å². The molecule has 2 aromatic rings. The summed E-state index contributed by atoms with van der Waals surface area (Å²) in [4.78, 5) is 17.0. The van der Waals surface area contributed by atoms with E-state index in [1.165, 1.54) is 23.9 Å². The number of ether oxygens (including phenoxy) is 1. The minimum atomic E-state index is -0.321. The van der Waals surface area contributed by atoms with Crippen molar-refractivity contribution in [1.29, 1.82) is 0 Å². The Balaban J connectivity index is 1.71. The molecule has 0 unspecified atom stereocenters. The molecule has 6 heteroatoms. The monoisotopic (exact) mass is 370 g/mol. The smallest absolute Gasteiger partial charge is 0.264 e. The third-order valence-corrected chi connectivity index (χ3v) is 4.71. The second-order valence-corrected chi connectivity index (χ2v) is 6.89. The van der Waals surface area contributed by atoms with Gasteiger partial charge in [0, 0.05) is 0 Å². The number of halogens is 1. The van der Waals surface area contributed by atoms with Gasteiger partial charge in [0.1, 0.15) is 11.6 Å². The number of amides is 1. The van der Waals surface area contributed by atoms with Gasteiger partial charge in [-0.1, -0.05) is 19.1 Å². The van der Waals surface area contributed by atoms with E-state index < -0.39 is 0 Å². The van der Waals surface area contributed by atoms with Crippen LogP contribution in [0.25, 0.3) is 6.08 Å². The molecule has 26 heavy (non-hydrogen) atoms. The van der Waals surface area contributed by atoms with E-state index in [-0.39, 0.29) is 17.8 Å². The van der Waals surface area contributed by atoms with Crippen molar-refractivity contribution in [2.45, 2.75) is 26.4 Å². The summed E-state index contributed by atoms with van der Waals surface area (Å²) in [5.41, 5.74) is 1.49. The van der Waals surface area contributed by atoms with Gasteiger partial charge in [0.25, 0.3) is 5.91 Å². The van der Waals surface area contributed by atoms with Crippen LogP contribution >= 0.6 is 11.8 Å². The normalized spacial score (nSPS) is 18.2. The van der Waals surface area contributed by atoms with E-state index in [2.05, 4.69) is 17.2 Å². The molecular weight excluding hydrogens is 351 g/mol. The van der Waals surface area contributed by atoms with E-state index in [1.807, 2.05) is 31.2 Å². The van der Waals surface area contributed by atoms with E-state index in [1.54, 1.807) is 18.2 Å². The van der Waals surface area contributed by atoms with Gasteiger partial charge in [-0.3, -0.25) is 4.79 Å². The van der Waals surface area contributed by atoms with E-state index in [0.717, 1.165) is 17.7 Å². The van der Waals surface area contributed by atoms with Crippen LogP contribution in [0.2, 0.25) is 0 Å². The van der Waals surface area contributed by atoms with Gasteiger partial charge in [-0.25, -0.2) is 9.38 Å². The lowest BCUT2D eigenvalue weighted by molar-refractivity contribution is -0.115. The quantitative estimate of drug-likeness (QED) is 0.762. The maximum absolute atomic E-state index is 12.9. The highest BCUT2D eigenvalue weighted by Gasteiger charge is 2.23. The highest BCUT2D eigenvalue weighted by molar-refractivity contribution is 8.18. The van der Waals surface area contributed by atoms with Crippen molar-refractivity contribution in [1.82, 2.24) is 5.32 Å². The fourth-order valence-electron chi connectivity index (χ4n) is 2.22. The zero-order valence-corrected chi connectivity index (χ0v) is 15.3. The Hall–Kier alpha value is -2.60. The van der Waals surface area contributed by atoms with Gasteiger partial charge in [0.2, 0.25) is 0 Å². The first-order valence-corrected chi connectivity index (χ1v) is 9.17. The molecule has 1 aliphatic rings. The van der Waals surface area contributed by atoms with Crippen LogP contribution in [0.5, 0.6) is 5.75 Å². The van der Waals surface area contributed by atoms with Crippen LogP contribution in [0.3, 0.4) is 0 Å². The van der Waals surface area contributed by atoms with E-state index in [0.29, 0.717) is 15.8 Å². The number of aliphatic imine (C=N–C) groups is 1. The van der Waals surface area contributed by atoms with Crippen molar-refractivity contribution in [3.8, 4) is 5.75 Å². The minimum absolute atomic E-state index is 0.167. The minimum Gasteiger partial charge on any atom is -0.491 e. The molecule has 1 heterocycles. The van der Waals surface area contributed by atoms with E-state index in [9.17, 15) is 9.18 Å². The van der Waals surface area contributed by atoms with Crippen LogP contribution in [-0.2, 0) is 4.79 Å². The molecule has 1 saturated heterocycles. The van der Waals surface area contributed by atoms with E-state index in [4.69, 9.17) is 4.74 Å². The Morgan fingerprint density at radius 3 is 2.54 bits per heavy atom. The lowest BCUT2D eigenvalue weighted by Gasteiger charge is -2.12. The summed E-state index contributed by atoms with van der Waals surface area (Å²) in [6, 6.07) is 13.4. The van der Waals surface area contributed by atoms with E-state index >= 15 is 0 Å². The molecule has 134 valence electrons. The Morgan fingerprint density at radius 1 is 1.19 bits per heavy atom. The number of hydrogen-bond donors (Lipinski definition) is 1. The Kier molecular flexibility index (Phi) is 5.73. The fraction of sp³-hybridized carbons (Fsp3) is 0.200. The van der Waals surface area contributed by atoms with Crippen LogP contribution < -0.4 is 10.1 Å². The number of rotatable bonds is 5. The molecular formula is C20H19FN2O2S. The average Bonchev–Trinajstić information content (AvgIpc) is 2.97. The molecule has 1 aliphatic heterocycles. The summed E-state index contributed by atoms with van der Waals surface area (Å²) in [6.07, 6.45) is 2.92.